The number of pyridine rings is 2. The Balaban J connectivity index is 2.21. The second-order valence-corrected chi connectivity index (χ2v) is 4.34. The molecule has 0 N–H and O–H groups in total. The molecule has 3 heterocycles. The molecule has 0 spiro atoms. The molecule has 0 atom stereocenters. The third kappa shape index (κ3) is 1.51. The first-order valence-electron chi connectivity index (χ1n) is 4.67. The number of hydrogen-bond donors (Lipinski definition) is 0. The molecule has 0 fully saturated rings. The van der Waals surface area contributed by atoms with Crippen LogP contribution >= 0.6 is 11.3 Å². The van der Waals surface area contributed by atoms with Crippen molar-refractivity contribution in [3.05, 3.63) is 49.1 Å². The Labute approximate surface area is 91.2 Å². The van der Waals surface area contributed by atoms with Gasteiger partial charge in [0.2, 0.25) is 0 Å². The monoisotopic (exact) mass is 212 g/mol. The van der Waals surface area contributed by atoms with Gasteiger partial charge in [0.15, 0.2) is 0 Å². The summed E-state index contributed by atoms with van der Waals surface area (Å²) < 4.78 is 1.23. The predicted octanol–water partition coefficient (Wildman–Crippen LogP) is 3.36. The average molecular weight is 212 g/mol. The summed E-state index contributed by atoms with van der Waals surface area (Å²) in [6.07, 6.45) is 7.37. The molecule has 0 radical (unpaired) electrons. The van der Waals surface area contributed by atoms with Gasteiger partial charge in [-0.3, -0.25) is 9.97 Å². The molecule has 0 saturated carbocycles. The van der Waals surface area contributed by atoms with E-state index in [4.69, 9.17) is 0 Å². The van der Waals surface area contributed by atoms with Gasteiger partial charge in [-0.15, -0.1) is 11.3 Å². The minimum atomic E-state index is 1.21. The fraction of sp³-hybridized carbons (Fsp3) is 0. The van der Waals surface area contributed by atoms with Crippen molar-refractivity contribution in [1.82, 2.24) is 9.97 Å². The first kappa shape index (κ1) is 8.56. The van der Waals surface area contributed by atoms with Crippen molar-refractivity contribution in [1.29, 1.82) is 0 Å². The molecule has 0 aliphatic rings. The van der Waals surface area contributed by atoms with Crippen LogP contribution in [0.15, 0.2) is 49.1 Å². The molecule has 0 bridgehead atoms. The summed E-state index contributed by atoms with van der Waals surface area (Å²) in [5.41, 5.74) is 1.21. The topological polar surface area (TPSA) is 25.8 Å². The van der Waals surface area contributed by atoms with Crippen LogP contribution in [0.2, 0.25) is 0 Å². The van der Waals surface area contributed by atoms with Crippen LogP contribution in [-0.4, -0.2) is 9.97 Å². The SMILES string of the molecule is c1cc(-c2cc3ccncc3s2)ccn1. The number of aromatic nitrogens is 2. The summed E-state index contributed by atoms with van der Waals surface area (Å²) in [4.78, 5) is 9.40. The van der Waals surface area contributed by atoms with Crippen LogP contribution in [0.1, 0.15) is 0 Å². The molecule has 72 valence electrons. The molecule has 0 aliphatic carbocycles. The number of hydrogen-bond acceptors (Lipinski definition) is 3. The molecular weight excluding hydrogens is 204 g/mol. The van der Waals surface area contributed by atoms with Crippen LogP contribution < -0.4 is 0 Å². The molecule has 0 saturated heterocycles. The Hall–Kier alpha value is -1.74. The highest BCUT2D eigenvalue weighted by Gasteiger charge is 2.02. The Morgan fingerprint density at radius 2 is 1.73 bits per heavy atom. The second-order valence-electron chi connectivity index (χ2n) is 3.26. The van der Waals surface area contributed by atoms with Crippen LogP contribution in [0, 0.1) is 0 Å². The quantitative estimate of drug-likeness (QED) is 0.618. The zero-order valence-electron chi connectivity index (χ0n) is 7.92. The fourth-order valence-electron chi connectivity index (χ4n) is 1.54. The molecule has 0 amide bonds. The molecule has 3 heteroatoms. The maximum absolute atomic E-state index is 4.12. The Bertz CT molecular complexity index is 554. The molecule has 0 aromatic carbocycles. The molecule has 3 aromatic heterocycles. The van der Waals surface area contributed by atoms with E-state index in [-0.39, 0.29) is 0 Å². The van der Waals surface area contributed by atoms with E-state index in [1.54, 1.807) is 11.3 Å². The van der Waals surface area contributed by atoms with E-state index < -0.39 is 0 Å². The van der Waals surface area contributed by atoms with Crippen molar-refractivity contribution in [2.24, 2.45) is 0 Å². The number of rotatable bonds is 1. The van der Waals surface area contributed by atoms with Gasteiger partial charge in [0.05, 0.1) is 4.70 Å². The molecule has 15 heavy (non-hydrogen) atoms. The van der Waals surface area contributed by atoms with Gasteiger partial charge >= 0.3 is 0 Å². The lowest BCUT2D eigenvalue weighted by Gasteiger charge is -1.92. The molecule has 0 unspecified atom stereocenters. The van der Waals surface area contributed by atoms with Crippen molar-refractivity contribution in [3.63, 3.8) is 0 Å². The lowest BCUT2D eigenvalue weighted by atomic mass is 10.2. The van der Waals surface area contributed by atoms with Gasteiger partial charge in [-0.1, -0.05) is 0 Å². The van der Waals surface area contributed by atoms with E-state index in [0.29, 0.717) is 0 Å². The van der Waals surface area contributed by atoms with Gasteiger partial charge in [-0.05, 0) is 35.2 Å². The molecule has 3 rings (SSSR count). The summed E-state index contributed by atoms with van der Waals surface area (Å²) in [7, 11) is 0. The summed E-state index contributed by atoms with van der Waals surface area (Å²) in [6.45, 7) is 0. The maximum Gasteiger partial charge on any atom is 0.0532 e. The predicted molar refractivity (Wildman–Crippen MR) is 62.9 cm³/mol. The van der Waals surface area contributed by atoms with Crippen molar-refractivity contribution < 1.29 is 0 Å². The van der Waals surface area contributed by atoms with Crippen molar-refractivity contribution in [2.45, 2.75) is 0 Å². The van der Waals surface area contributed by atoms with E-state index in [1.165, 1.54) is 20.5 Å². The lowest BCUT2D eigenvalue weighted by Crippen LogP contribution is -1.71. The summed E-state index contributed by atoms with van der Waals surface area (Å²) in [5.74, 6) is 0. The largest absolute Gasteiger partial charge is 0.265 e. The number of nitrogens with zero attached hydrogens (tertiary/aromatic N) is 2. The molecule has 0 aliphatic heterocycles. The minimum Gasteiger partial charge on any atom is -0.265 e. The molecule has 3 aromatic rings. The van der Waals surface area contributed by atoms with Gasteiger partial charge in [0.25, 0.3) is 0 Å². The van der Waals surface area contributed by atoms with Crippen molar-refractivity contribution >= 4 is 21.4 Å². The van der Waals surface area contributed by atoms with Gasteiger partial charge in [-0.25, -0.2) is 0 Å². The Kier molecular flexibility index (Phi) is 1.96. The van der Waals surface area contributed by atoms with Crippen LogP contribution in [0.3, 0.4) is 0 Å². The van der Waals surface area contributed by atoms with Gasteiger partial charge in [-0.2, -0.15) is 0 Å². The van der Waals surface area contributed by atoms with Gasteiger partial charge in [0.1, 0.15) is 0 Å². The standard InChI is InChI=1S/C12H8N2S/c1-4-13-5-2-9(1)11-7-10-3-6-14-8-12(10)15-11/h1-8H. The first-order valence-corrected chi connectivity index (χ1v) is 5.49. The van der Waals surface area contributed by atoms with E-state index >= 15 is 0 Å². The highest BCUT2D eigenvalue weighted by molar-refractivity contribution is 7.22. The third-order valence-corrected chi connectivity index (χ3v) is 3.42. The zero-order chi connectivity index (χ0) is 10.1. The van der Waals surface area contributed by atoms with E-state index in [9.17, 15) is 0 Å². The van der Waals surface area contributed by atoms with Gasteiger partial charge in [0, 0.05) is 29.7 Å². The summed E-state index contributed by atoms with van der Waals surface area (Å²) in [6, 6.07) is 8.28. The smallest absolute Gasteiger partial charge is 0.0532 e. The average Bonchev–Trinajstić information content (AvgIpc) is 2.74. The molecular formula is C12H8N2S. The summed E-state index contributed by atoms with van der Waals surface area (Å²) >= 11 is 1.76. The highest BCUT2D eigenvalue weighted by Crippen LogP contribution is 2.32. The van der Waals surface area contributed by atoms with Crippen LogP contribution in [-0.2, 0) is 0 Å². The van der Waals surface area contributed by atoms with Gasteiger partial charge < -0.3 is 0 Å². The van der Waals surface area contributed by atoms with Crippen LogP contribution in [0.4, 0.5) is 0 Å². The van der Waals surface area contributed by atoms with Crippen LogP contribution in [0.5, 0.6) is 0 Å². The molecule has 2 nitrogen and oxygen atoms in total. The van der Waals surface area contributed by atoms with E-state index in [0.717, 1.165) is 0 Å². The third-order valence-electron chi connectivity index (χ3n) is 2.29. The highest BCUT2D eigenvalue weighted by atomic mass is 32.1. The number of thiophene rings is 1. The maximum atomic E-state index is 4.12. The zero-order valence-corrected chi connectivity index (χ0v) is 8.74. The van der Waals surface area contributed by atoms with Crippen molar-refractivity contribution in [3.8, 4) is 10.4 Å². The van der Waals surface area contributed by atoms with E-state index in [1.807, 2.05) is 43.0 Å². The van der Waals surface area contributed by atoms with E-state index in [2.05, 4.69) is 16.0 Å². The first-order chi connectivity index (χ1) is 7.43. The summed E-state index contributed by atoms with van der Waals surface area (Å²) in [5, 5.41) is 1.25. The Morgan fingerprint density at radius 1 is 0.933 bits per heavy atom. The van der Waals surface area contributed by atoms with Crippen LogP contribution in [0.25, 0.3) is 20.5 Å². The normalized spacial score (nSPS) is 10.7. The minimum absolute atomic E-state index is 1.21. The number of fused-ring (bicyclic) bond motifs is 1. The fourth-order valence-corrected chi connectivity index (χ4v) is 2.58. The van der Waals surface area contributed by atoms with Crippen molar-refractivity contribution in [2.75, 3.05) is 0 Å². The Morgan fingerprint density at radius 3 is 2.53 bits per heavy atom. The lowest BCUT2D eigenvalue weighted by molar-refractivity contribution is 1.33. The second kappa shape index (κ2) is 3.44.